The molecule has 114 valence electrons. The second-order valence-corrected chi connectivity index (χ2v) is 3.38. The lowest BCUT2D eigenvalue weighted by Gasteiger charge is -2.07. The van der Waals surface area contributed by atoms with Crippen molar-refractivity contribution >= 4 is 23.8 Å². The Labute approximate surface area is 115 Å². The van der Waals surface area contributed by atoms with Gasteiger partial charge in [-0.2, -0.15) is 0 Å². The summed E-state index contributed by atoms with van der Waals surface area (Å²) >= 11 is 0. The number of nitrogens with two attached hydrogens (primary N) is 2. The van der Waals surface area contributed by atoms with Crippen LogP contribution in [0.5, 0.6) is 0 Å². The molecule has 0 fully saturated rings. The van der Waals surface area contributed by atoms with Crippen LogP contribution in [-0.4, -0.2) is 63.1 Å². The van der Waals surface area contributed by atoms with Gasteiger partial charge in [0.1, 0.15) is 13.2 Å². The summed E-state index contributed by atoms with van der Waals surface area (Å²) in [5.74, 6) is -3.17. The van der Waals surface area contributed by atoms with E-state index < -0.39 is 23.8 Å². The lowest BCUT2D eigenvalue weighted by molar-refractivity contribution is -0.167. The highest BCUT2D eigenvalue weighted by Gasteiger charge is 2.16. The molecule has 0 spiro atoms. The fourth-order valence-electron chi connectivity index (χ4n) is 0.931. The summed E-state index contributed by atoms with van der Waals surface area (Å²) < 4.78 is 9.04. The molecule has 0 bridgehead atoms. The molecule has 0 aliphatic carbocycles. The van der Waals surface area contributed by atoms with E-state index in [-0.39, 0.29) is 39.4 Å². The van der Waals surface area contributed by atoms with Gasteiger partial charge in [-0.05, 0) is 0 Å². The predicted octanol–water partition coefficient (Wildman–Crippen LogP) is -3.78. The molecule has 0 atom stereocenters. The van der Waals surface area contributed by atoms with Gasteiger partial charge in [-0.3, -0.25) is 9.59 Å². The number of rotatable bonds is 8. The van der Waals surface area contributed by atoms with Crippen molar-refractivity contribution in [1.29, 1.82) is 0 Å². The number of carbonyl (C=O) groups excluding carboxylic acids is 4. The van der Waals surface area contributed by atoms with Crippen LogP contribution in [0.1, 0.15) is 0 Å². The molecule has 0 aromatic rings. The number of carbonyl (C=O) groups is 4. The molecule has 0 unspecified atom stereocenters. The molecule has 0 saturated carbocycles. The van der Waals surface area contributed by atoms with Gasteiger partial charge >= 0.3 is 11.9 Å². The summed E-state index contributed by atoms with van der Waals surface area (Å²) in [6.07, 6.45) is 0. The maximum atomic E-state index is 11.1. The molecule has 10 nitrogen and oxygen atoms in total. The quantitative estimate of drug-likeness (QED) is 0.201. The van der Waals surface area contributed by atoms with E-state index in [1.165, 1.54) is 0 Å². The van der Waals surface area contributed by atoms with Crippen molar-refractivity contribution in [2.24, 2.45) is 11.5 Å². The smallest absolute Gasteiger partial charge is 0.417 e. The average Bonchev–Trinajstić information content (AvgIpc) is 2.46. The Hall–Kier alpha value is -2.20. The van der Waals surface area contributed by atoms with E-state index in [1.807, 2.05) is 0 Å². The summed E-state index contributed by atoms with van der Waals surface area (Å²) in [5, 5.41) is 4.69. The van der Waals surface area contributed by atoms with Crippen LogP contribution in [0, 0.1) is 0 Å². The molecule has 0 aromatic carbocycles. The number of ether oxygens (including phenoxy) is 2. The highest BCUT2D eigenvalue weighted by molar-refractivity contribution is 6.29. The Morgan fingerprint density at radius 2 is 1.10 bits per heavy atom. The van der Waals surface area contributed by atoms with Crippen LogP contribution in [0.4, 0.5) is 0 Å². The molecule has 0 aromatic heterocycles. The molecule has 0 rings (SSSR count). The van der Waals surface area contributed by atoms with Gasteiger partial charge in [0.15, 0.2) is 0 Å². The van der Waals surface area contributed by atoms with Crippen molar-refractivity contribution in [2.75, 3.05) is 39.4 Å². The minimum atomic E-state index is -1.18. The zero-order valence-electron chi connectivity index (χ0n) is 10.8. The first-order valence-electron chi connectivity index (χ1n) is 5.78. The summed E-state index contributed by atoms with van der Waals surface area (Å²) in [5.41, 5.74) is 10.1. The Morgan fingerprint density at radius 3 is 1.40 bits per heavy atom. The second-order valence-electron chi connectivity index (χ2n) is 3.38. The van der Waals surface area contributed by atoms with Gasteiger partial charge in [0, 0.05) is 0 Å². The van der Waals surface area contributed by atoms with Crippen LogP contribution in [0.3, 0.4) is 0 Å². The van der Waals surface area contributed by atoms with E-state index in [0.717, 1.165) is 0 Å². The minimum absolute atomic E-state index is 0.0433. The maximum absolute atomic E-state index is 11.1. The lowest BCUT2D eigenvalue weighted by Crippen LogP contribution is -2.35. The van der Waals surface area contributed by atoms with Crippen LogP contribution >= 0.6 is 0 Å². The second kappa shape index (κ2) is 10.7. The molecule has 6 N–H and O–H groups in total. The predicted molar refractivity (Wildman–Crippen MR) is 66.0 cm³/mol. The van der Waals surface area contributed by atoms with E-state index in [4.69, 9.17) is 11.5 Å². The van der Waals surface area contributed by atoms with Gasteiger partial charge in [-0.15, -0.1) is 0 Å². The first-order chi connectivity index (χ1) is 9.51. The molecular weight excluding hydrogens is 272 g/mol. The van der Waals surface area contributed by atoms with Gasteiger partial charge in [0.05, 0.1) is 26.2 Å². The Balaban J connectivity index is 3.64. The summed E-state index contributed by atoms with van der Waals surface area (Å²) in [7, 11) is 0. The highest BCUT2D eigenvalue weighted by atomic mass is 16.6. The molecular formula is C10H18N4O6. The van der Waals surface area contributed by atoms with Crippen LogP contribution in [0.15, 0.2) is 0 Å². The molecule has 0 aliphatic rings. The molecule has 0 saturated heterocycles. The van der Waals surface area contributed by atoms with Gasteiger partial charge in [0.2, 0.25) is 11.8 Å². The van der Waals surface area contributed by atoms with E-state index >= 15 is 0 Å². The van der Waals surface area contributed by atoms with Crippen molar-refractivity contribution in [2.45, 2.75) is 0 Å². The van der Waals surface area contributed by atoms with Crippen LogP contribution < -0.4 is 22.1 Å². The first-order valence-corrected chi connectivity index (χ1v) is 5.78. The third kappa shape index (κ3) is 8.83. The summed E-state index contributed by atoms with van der Waals surface area (Å²) in [6, 6.07) is 0. The molecule has 20 heavy (non-hydrogen) atoms. The van der Waals surface area contributed by atoms with Crippen molar-refractivity contribution in [3.8, 4) is 0 Å². The average molecular weight is 290 g/mol. The maximum Gasteiger partial charge on any atom is 0.417 e. The minimum Gasteiger partial charge on any atom is -0.455 e. The number of nitrogens with one attached hydrogen (secondary N) is 2. The first kappa shape index (κ1) is 17.8. The molecule has 10 heteroatoms. The normalized spacial score (nSPS) is 9.50. The Kier molecular flexibility index (Phi) is 9.52. The van der Waals surface area contributed by atoms with Crippen molar-refractivity contribution in [3.05, 3.63) is 0 Å². The van der Waals surface area contributed by atoms with Gasteiger partial charge < -0.3 is 31.6 Å². The van der Waals surface area contributed by atoms with Crippen LogP contribution in [0.2, 0.25) is 0 Å². The fourth-order valence-corrected chi connectivity index (χ4v) is 0.931. The number of amides is 2. The highest BCUT2D eigenvalue weighted by Crippen LogP contribution is 1.84. The van der Waals surface area contributed by atoms with Crippen molar-refractivity contribution in [1.82, 2.24) is 10.6 Å². The fraction of sp³-hybridized carbons (Fsp3) is 0.600. The molecule has 0 aliphatic heterocycles. The monoisotopic (exact) mass is 290 g/mol. The number of hydrogen-bond donors (Lipinski definition) is 4. The van der Waals surface area contributed by atoms with Crippen molar-refractivity contribution < 1.29 is 28.7 Å². The van der Waals surface area contributed by atoms with E-state index in [0.29, 0.717) is 0 Å². The molecule has 2 amide bonds. The zero-order chi connectivity index (χ0) is 15.4. The largest absolute Gasteiger partial charge is 0.455 e. The van der Waals surface area contributed by atoms with Crippen LogP contribution in [0.25, 0.3) is 0 Å². The number of hydrogen-bond acceptors (Lipinski definition) is 8. The van der Waals surface area contributed by atoms with E-state index in [1.54, 1.807) is 0 Å². The topological polar surface area (TPSA) is 163 Å². The van der Waals surface area contributed by atoms with E-state index in [9.17, 15) is 19.2 Å². The standard InChI is InChI=1S/C10H18N4O6/c11-5-7(15)13-1-3-19-9(17)10(18)20-4-2-14-8(16)6-12/h1-6,11-12H2,(H,13,15)(H,14,16). The van der Waals surface area contributed by atoms with E-state index in [2.05, 4.69) is 20.1 Å². The molecule has 0 radical (unpaired) electrons. The Bertz CT molecular complexity index is 326. The van der Waals surface area contributed by atoms with Crippen molar-refractivity contribution in [3.63, 3.8) is 0 Å². The SMILES string of the molecule is NCC(=O)NCCOC(=O)C(=O)OCCNC(=O)CN. The third-order valence-electron chi connectivity index (χ3n) is 1.85. The van der Waals surface area contributed by atoms with Gasteiger partial charge in [-0.1, -0.05) is 0 Å². The summed E-state index contributed by atoms with van der Waals surface area (Å²) in [6.45, 7) is -0.620. The van der Waals surface area contributed by atoms with Crippen LogP contribution in [-0.2, 0) is 28.7 Å². The van der Waals surface area contributed by atoms with Gasteiger partial charge in [-0.25, -0.2) is 9.59 Å². The zero-order valence-corrected chi connectivity index (χ0v) is 10.8. The molecule has 0 heterocycles. The van der Waals surface area contributed by atoms with Gasteiger partial charge in [0.25, 0.3) is 0 Å². The summed E-state index contributed by atoms with van der Waals surface area (Å²) in [4.78, 5) is 43.7. The third-order valence-corrected chi connectivity index (χ3v) is 1.85. The lowest BCUT2D eigenvalue weighted by atomic mass is 10.5. The Morgan fingerprint density at radius 1 is 0.750 bits per heavy atom. The number of esters is 2.